The molecule has 1 aliphatic carbocycles. The molecule has 94 valence electrons. The zero-order valence-electron chi connectivity index (χ0n) is 10.4. The number of nitrogens with zero attached hydrogens (tertiary/aromatic N) is 1. The molecule has 0 bridgehead atoms. The lowest BCUT2D eigenvalue weighted by molar-refractivity contribution is -0.128. The van der Waals surface area contributed by atoms with Crippen LogP contribution in [-0.4, -0.2) is 18.2 Å². The average molecular weight is 243 g/mol. The number of ketones is 1. The summed E-state index contributed by atoms with van der Waals surface area (Å²) in [5.74, 6) is 0.0336. The maximum Gasteiger partial charge on any atom is 0.234 e. The van der Waals surface area contributed by atoms with E-state index in [0.717, 1.165) is 18.5 Å². The number of Topliss-reactive ketones (excluding diaryl/α,β-unsaturated/α-hetero) is 1. The van der Waals surface area contributed by atoms with Crippen LogP contribution in [-0.2, 0) is 22.4 Å². The monoisotopic (exact) mass is 243 g/mol. The predicted octanol–water partition coefficient (Wildman–Crippen LogP) is 2.26. The molecule has 3 rings (SSSR count). The molecule has 0 aromatic heterocycles. The van der Waals surface area contributed by atoms with Gasteiger partial charge >= 0.3 is 0 Å². The molecule has 1 aromatic carbocycles. The third kappa shape index (κ3) is 1.94. The third-order valence-electron chi connectivity index (χ3n) is 3.93. The van der Waals surface area contributed by atoms with E-state index in [0.29, 0.717) is 13.0 Å². The summed E-state index contributed by atoms with van der Waals surface area (Å²) in [5, 5.41) is 0. The van der Waals surface area contributed by atoms with Crippen LogP contribution in [0.25, 0.3) is 0 Å². The quantitative estimate of drug-likeness (QED) is 0.709. The average Bonchev–Trinajstić information content (AvgIpc) is 2.38. The van der Waals surface area contributed by atoms with Crippen LogP contribution in [0.15, 0.2) is 18.2 Å². The highest BCUT2D eigenvalue weighted by Gasteiger charge is 2.27. The fraction of sp³-hybridized carbons (Fsp3) is 0.467. The molecule has 2 aliphatic rings. The molecule has 3 heteroatoms. The molecule has 1 aromatic rings. The van der Waals surface area contributed by atoms with Gasteiger partial charge < -0.3 is 4.90 Å². The number of piperidine rings is 1. The van der Waals surface area contributed by atoms with Crippen molar-refractivity contribution in [3.63, 3.8) is 0 Å². The predicted molar refractivity (Wildman–Crippen MR) is 69.7 cm³/mol. The van der Waals surface area contributed by atoms with Crippen molar-refractivity contribution in [2.24, 2.45) is 0 Å². The number of amides is 1. The van der Waals surface area contributed by atoms with Crippen LogP contribution in [0.3, 0.4) is 0 Å². The van der Waals surface area contributed by atoms with Crippen molar-refractivity contribution in [2.45, 2.75) is 38.5 Å². The first-order valence-corrected chi connectivity index (χ1v) is 6.68. The van der Waals surface area contributed by atoms with E-state index in [-0.39, 0.29) is 18.1 Å². The molecule has 1 heterocycles. The zero-order valence-corrected chi connectivity index (χ0v) is 10.4. The summed E-state index contributed by atoms with van der Waals surface area (Å²) in [4.78, 5) is 25.1. The minimum Gasteiger partial charge on any atom is -0.311 e. The topological polar surface area (TPSA) is 37.4 Å². The summed E-state index contributed by atoms with van der Waals surface area (Å²) in [5.41, 5.74) is 3.75. The molecule has 0 spiro atoms. The van der Waals surface area contributed by atoms with E-state index in [1.54, 1.807) is 0 Å². The zero-order chi connectivity index (χ0) is 12.5. The van der Waals surface area contributed by atoms with Crippen molar-refractivity contribution < 1.29 is 9.59 Å². The molecule has 0 N–H and O–H groups in total. The number of aryl methyl sites for hydroxylation is 1. The minimum absolute atomic E-state index is 0.0368. The van der Waals surface area contributed by atoms with E-state index in [2.05, 4.69) is 6.07 Å². The van der Waals surface area contributed by atoms with E-state index in [1.165, 1.54) is 24.0 Å². The van der Waals surface area contributed by atoms with Crippen LogP contribution in [0, 0.1) is 0 Å². The van der Waals surface area contributed by atoms with Crippen LogP contribution in [0.2, 0.25) is 0 Å². The van der Waals surface area contributed by atoms with Gasteiger partial charge in [0.25, 0.3) is 0 Å². The van der Waals surface area contributed by atoms with Crippen LogP contribution < -0.4 is 4.90 Å². The fourth-order valence-electron chi connectivity index (χ4n) is 2.98. The fourth-order valence-corrected chi connectivity index (χ4v) is 2.98. The van der Waals surface area contributed by atoms with Crippen molar-refractivity contribution in [3.8, 4) is 0 Å². The SMILES string of the molecule is O=C1CCN(c2cccc3c2CCCC3)C(=O)C1. The molecular weight excluding hydrogens is 226 g/mol. The van der Waals surface area contributed by atoms with Gasteiger partial charge in [0.05, 0.1) is 6.42 Å². The molecule has 0 radical (unpaired) electrons. The van der Waals surface area contributed by atoms with Gasteiger partial charge in [0.2, 0.25) is 5.91 Å². The molecular formula is C15H17NO2. The second kappa shape index (κ2) is 4.56. The van der Waals surface area contributed by atoms with Crippen LogP contribution in [0.1, 0.15) is 36.8 Å². The number of rotatable bonds is 1. The number of carbonyl (C=O) groups is 2. The third-order valence-corrected chi connectivity index (χ3v) is 3.93. The van der Waals surface area contributed by atoms with Crippen molar-refractivity contribution in [1.82, 2.24) is 0 Å². The van der Waals surface area contributed by atoms with Crippen molar-refractivity contribution in [1.29, 1.82) is 0 Å². The highest BCUT2D eigenvalue weighted by atomic mass is 16.2. The maximum atomic E-state index is 12.0. The second-order valence-electron chi connectivity index (χ2n) is 5.13. The van der Waals surface area contributed by atoms with E-state index in [4.69, 9.17) is 0 Å². The lowest BCUT2D eigenvalue weighted by atomic mass is 9.89. The van der Waals surface area contributed by atoms with Crippen LogP contribution in [0.4, 0.5) is 5.69 Å². The van der Waals surface area contributed by atoms with Gasteiger partial charge in [-0.3, -0.25) is 9.59 Å². The van der Waals surface area contributed by atoms with Crippen LogP contribution in [0.5, 0.6) is 0 Å². The molecule has 0 atom stereocenters. The van der Waals surface area contributed by atoms with Gasteiger partial charge in [-0.05, 0) is 42.9 Å². The van der Waals surface area contributed by atoms with Crippen LogP contribution >= 0.6 is 0 Å². The maximum absolute atomic E-state index is 12.0. The summed E-state index contributed by atoms with van der Waals surface area (Å²) >= 11 is 0. The summed E-state index contributed by atoms with van der Waals surface area (Å²) in [6.45, 7) is 0.550. The lowest BCUT2D eigenvalue weighted by Crippen LogP contribution is -2.39. The second-order valence-corrected chi connectivity index (χ2v) is 5.13. The lowest BCUT2D eigenvalue weighted by Gasteiger charge is -2.30. The summed E-state index contributed by atoms with van der Waals surface area (Å²) in [7, 11) is 0. The Morgan fingerprint density at radius 1 is 1.00 bits per heavy atom. The largest absolute Gasteiger partial charge is 0.311 e. The van der Waals surface area contributed by atoms with E-state index in [1.807, 2.05) is 17.0 Å². The molecule has 1 aliphatic heterocycles. The summed E-state index contributed by atoms with van der Waals surface area (Å²) in [6, 6.07) is 6.22. The van der Waals surface area contributed by atoms with Gasteiger partial charge in [0.15, 0.2) is 0 Å². The minimum atomic E-state index is -0.0368. The standard InChI is InChI=1S/C15H17NO2/c17-12-8-9-16(15(18)10-12)14-7-3-5-11-4-1-2-6-13(11)14/h3,5,7H,1-2,4,6,8-10H2. The number of fused-ring (bicyclic) bond motifs is 1. The number of hydrogen-bond donors (Lipinski definition) is 0. The molecule has 1 fully saturated rings. The van der Waals surface area contributed by atoms with Gasteiger partial charge in [-0.15, -0.1) is 0 Å². The Hall–Kier alpha value is -1.64. The molecule has 1 amide bonds. The van der Waals surface area contributed by atoms with Gasteiger partial charge in [-0.25, -0.2) is 0 Å². The van der Waals surface area contributed by atoms with Crippen molar-refractivity contribution >= 4 is 17.4 Å². The number of anilines is 1. The summed E-state index contributed by atoms with van der Waals surface area (Å²) < 4.78 is 0. The van der Waals surface area contributed by atoms with E-state index < -0.39 is 0 Å². The first kappa shape index (κ1) is 11.5. The number of hydrogen-bond acceptors (Lipinski definition) is 2. The van der Waals surface area contributed by atoms with Gasteiger partial charge in [-0.1, -0.05) is 12.1 Å². The number of benzene rings is 1. The Morgan fingerprint density at radius 3 is 2.67 bits per heavy atom. The van der Waals surface area contributed by atoms with Crippen molar-refractivity contribution in [2.75, 3.05) is 11.4 Å². The van der Waals surface area contributed by atoms with Gasteiger partial charge in [0, 0.05) is 18.7 Å². The van der Waals surface area contributed by atoms with E-state index in [9.17, 15) is 9.59 Å². The highest BCUT2D eigenvalue weighted by Crippen LogP contribution is 2.31. The van der Waals surface area contributed by atoms with Gasteiger partial charge in [0.1, 0.15) is 5.78 Å². The first-order valence-electron chi connectivity index (χ1n) is 6.68. The molecule has 0 saturated carbocycles. The highest BCUT2D eigenvalue weighted by molar-refractivity contribution is 6.08. The Labute approximate surface area is 107 Å². The van der Waals surface area contributed by atoms with Crippen molar-refractivity contribution in [3.05, 3.63) is 29.3 Å². The Balaban J connectivity index is 1.97. The molecule has 3 nitrogen and oxygen atoms in total. The summed E-state index contributed by atoms with van der Waals surface area (Å²) in [6.07, 6.45) is 5.18. The Bertz CT molecular complexity index is 507. The molecule has 1 saturated heterocycles. The Kier molecular flexibility index (Phi) is 2.90. The molecule has 18 heavy (non-hydrogen) atoms. The van der Waals surface area contributed by atoms with E-state index >= 15 is 0 Å². The normalized spacial score (nSPS) is 19.9. The smallest absolute Gasteiger partial charge is 0.234 e. The molecule has 0 unspecified atom stereocenters. The Morgan fingerprint density at radius 2 is 1.83 bits per heavy atom. The number of carbonyl (C=O) groups excluding carboxylic acids is 2. The first-order chi connectivity index (χ1) is 8.75. The van der Waals surface area contributed by atoms with Gasteiger partial charge in [-0.2, -0.15) is 0 Å².